The second-order valence-corrected chi connectivity index (χ2v) is 5.67. The number of hydrogen-bond acceptors (Lipinski definition) is 5. The molecule has 3 rings (SSSR count). The molecular formula is C13H17N3O2S. The standard InChI is InChI=1S/C13H17N3O2S/c1-2-12(18-5-1)8-16-10-14-15-13(16)19-9-11-3-6-17-7-4-11/h1-2,5,10-11H,3-4,6-9H2. The van der Waals surface area contributed by atoms with Crippen LogP contribution in [0.3, 0.4) is 0 Å². The van der Waals surface area contributed by atoms with Gasteiger partial charge in [-0.05, 0) is 30.9 Å². The van der Waals surface area contributed by atoms with Crippen LogP contribution >= 0.6 is 11.8 Å². The molecule has 1 aliphatic rings. The zero-order valence-corrected chi connectivity index (χ0v) is 11.5. The van der Waals surface area contributed by atoms with Crippen molar-refractivity contribution in [2.24, 2.45) is 5.92 Å². The summed E-state index contributed by atoms with van der Waals surface area (Å²) < 4.78 is 12.8. The fourth-order valence-corrected chi connectivity index (χ4v) is 3.24. The van der Waals surface area contributed by atoms with E-state index >= 15 is 0 Å². The van der Waals surface area contributed by atoms with Gasteiger partial charge in [0.25, 0.3) is 0 Å². The summed E-state index contributed by atoms with van der Waals surface area (Å²) in [7, 11) is 0. The molecule has 0 bridgehead atoms. The molecule has 6 heteroatoms. The monoisotopic (exact) mass is 279 g/mol. The molecule has 1 aliphatic heterocycles. The molecule has 0 aromatic carbocycles. The average Bonchev–Trinajstić information content (AvgIpc) is 3.10. The van der Waals surface area contributed by atoms with E-state index in [0.717, 1.165) is 48.6 Å². The largest absolute Gasteiger partial charge is 0.467 e. The van der Waals surface area contributed by atoms with Crippen molar-refractivity contribution in [2.45, 2.75) is 24.5 Å². The van der Waals surface area contributed by atoms with E-state index in [2.05, 4.69) is 10.2 Å². The Labute approximate surface area is 116 Å². The molecule has 102 valence electrons. The first kappa shape index (κ1) is 12.7. The molecule has 2 aromatic heterocycles. The van der Waals surface area contributed by atoms with Crippen LogP contribution in [0.4, 0.5) is 0 Å². The van der Waals surface area contributed by atoms with E-state index in [-0.39, 0.29) is 0 Å². The molecule has 0 N–H and O–H groups in total. The maximum absolute atomic E-state index is 5.38. The lowest BCUT2D eigenvalue weighted by atomic mass is 10.0. The molecule has 1 saturated heterocycles. The van der Waals surface area contributed by atoms with Crippen molar-refractivity contribution in [1.29, 1.82) is 0 Å². The molecular weight excluding hydrogens is 262 g/mol. The Morgan fingerprint density at radius 3 is 3.05 bits per heavy atom. The molecule has 0 spiro atoms. The third kappa shape index (κ3) is 3.39. The highest BCUT2D eigenvalue weighted by Crippen LogP contribution is 2.24. The lowest BCUT2D eigenvalue weighted by Crippen LogP contribution is -2.17. The Morgan fingerprint density at radius 2 is 2.26 bits per heavy atom. The van der Waals surface area contributed by atoms with Crippen molar-refractivity contribution in [3.63, 3.8) is 0 Å². The van der Waals surface area contributed by atoms with Crippen molar-refractivity contribution >= 4 is 11.8 Å². The molecule has 0 unspecified atom stereocenters. The quantitative estimate of drug-likeness (QED) is 0.787. The van der Waals surface area contributed by atoms with Crippen LogP contribution in [0.1, 0.15) is 18.6 Å². The SMILES string of the molecule is c1coc(Cn2cnnc2SCC2CCOCC2)c1. The number of nitrogens with zero attached hydrogens (tertiary/aromatic N) is 3. The molecule has 0 saturated carbocycles. The van der Waals surface area contributed by atoms with Crippen LogP contribution in [0.5, 0.6) is 0 Å². The van der Waals surface area contributed by atoms with E-state index in [1.54, 1.807) is 24.4 Å². The Balaban J connectivity index is 1.57. The second-order valence-electron chi connectivity index (χ2n) is 4.69. The molecule has 0 radical (unpaired) electrons. The van der Waals surface area contributed by atoms with Gasteiger partial charge in [-0.1, -0.05) is 11.8 Å². The summed E-state index contributed by atoms with van der Waals surface area (Å²) in [4.78, 5) is 0. The van der Waals surface area contributed by atoms with Gasteiger partial charge in [0.05, 0.1) is 12.8 Å². The summed E-state index contributed by atoms with van der Waals surface area (Å²) in [6.07, 6.45) is 5.75. The number of ether oxygens (including phenoxy) is 1. The number of hydrogen-bond donors (Lipinski definition) is 0. The van der Waals surface area contributed by atoms with Gasteiger partial charge in [0.2, 0.25) is 0 Å². The summed E-state index contributed by atoms with van der Waals surface area (Å²) in [5, 5.41) is 9.14. The molecule has 0 aliphatic carbocycles. The van der Waals surface area contributed by atoms with Crippen LogP contribution in [-0.2, 0) is 11.3 Å². The van der Waals surface area contributed by atoms with Crippen molar-refractivity contribution in [1.82, 2.24) is 14.8 Å². The van der Waals surface area contributed by atoms with Crippen molar-refractivity contribution in [3.8, 4) is 0 Å². The third-order valence-corrected chi connectivity index (χ3v) is 4.49. The Bertz CT molecular complexity index is 492. The number of aromatic nitrogens is 3. The van der Waals surface area contributed by atoms with E-state index in [4.69, 9.17) is 9.15 Å². The molecule has 0 amide bonds. The predicted molar refractivity (Wildman–Crippen MR) is 72.1 cm³/mol. The maximum atomic E-state index is 5.38. The van der Waals surface area contributed by atoms with E-state index in [0.29, 0.717) is 6.54 Å². The number of rotatable bonds is 5. The maximum Gasteiger partial charge on any atom is 0.191 e. The topological polar surface area (TPSA) is 53.1 Å². The molecule has 19 heavy (non-hydrogen) atoms. The first-order chi connectivity index (χ1) is 9.42. The smallest absolute Gasteiger partial charge is 0.191 e. The zero-order chi connectivity index (χ0) is 12.9. The van der Waals surface area contributed by atoms with E-state index in [9.17, 15) is 0 Å². The van der Waals surface area contributed by atoms with Gasteiger partial charge in [0.15, 0.2) is 5.16 Å². The lowest BCUT2D eigenvalue weighted by molar-refractivity contribution is 0.0727. The molecule has 0 atom stereocenters. The van der Waals surface area contributed by atoms with E-state index < -0.39 is 0 Å². The fraction of sp³-hybridized carbons (Fsp3) is 0.538. The number of thioether (sulfide) groups is 1. The lowest BCUT2D eigenvalue weighted by Gasteiger charge is -2.21. The average molecular weight is 279 g/mol. The van der Waals surface area contributed by atoms with E-state index in [1.165, 1.54) is 0 Å². The van der Waals surface area contributed by atoms with Crippen LogP contribution in [0, 0.1) is 5.92 Å². The van der Waals surface area contributed by atoms with Crippen LogP contribution in [0.25, 0.3) is 0 Å². The minimum Gasteiger partial charge on any atom is -0.467 e. The second kappa shape index (κ2) is 6.25. The van der Waals surface area contributed by atoms with Gasteiger partial charge < -0.3 is 13.7 Å². The Kier molecular flexibility index (Phi) is 4.20. The fourth-order valence-electron chi connectivity index (χ4n) is 2.14. The van der Waals surface area contributed by atoms with Crippen LogP contribution in [0.2, 0.25) is 0 Å². The van der Waals surface area contributed by atoms with Gasteiger partial charge in [-0.2, -0.15) is 0 Å². The third-order valence-electron chi connectivity index (χ3n) is 3.28. The van der Waals surface area contributed by atoms with Crippen LogP contribution < -0.4 is 0 Å². The van der Waals surface area contributed by atoms with Crippen LogP contribution in [-0.4, -0.2) is 33.7 Å². The van der Waals surface area contributed by atoms with Gasteiger partial charge in [-0.3, -0.25) is 0 Å². The number of furan rings is 1. The van der Waals surface area contributed by atoms with Gasteiger partial charge in [0, 0.05) is 19.0 Å². The van der Waals surface area contributed by atoms with Gasteiger partial charge in [0.1, 0.15) is 12.1 Å². The highest BCUT2D eigenvalue weighted by molar-refractivity contribution is 7.99. The normalized spacial score (nSPS) is 16.8. The molecule has 1 fully saturated rings. The summed E-state index contributed by atoms with van der Waals surface area (Å²) in [6, 6.07) is 3.86. The molecule has 3 heterocycles. The first-order valence-electron chi connectivity index (χ1n) is 6.52. The van der Waals surface area contributed by atoms with Crippen molar-refractivity contribution in [3.05, 3.63) is 30.5 Å². The van der Waals surface area contributed by atoms with E-state index in [1.807, 2.05) is 16.7 Å². The summed E-state index contributed by atoms with van der Waals surface area (Å²) in [5.74, 6) is 2.74. The summed E-state index contributed by atoms with van der Waals surface area (Å²) in [6.45, 7) is 2.48. The summed E-state index contributed by atoms with van der Waals surface area (Å²) in [5.41, 5.74) is 0. The van der Waals surface area contributed by atoms with Crippen LogP contribution in [0.15, 0.2) is 34.3 Å². The van der Waals surface area contributed by atoms with Gasteiger partial charge in [-0.15, -0.1) is 10.2 Å². The van der Waals surface area contributed by atoms with Gasteiger partial charge in [-0.25, -0.2) is 0 Å². The first-order valence-corrected chi connectivity index (χ1v) is 7.51. The van der Waals surface area contributed by atoms with Gasteiger partial charge >= 0.3 is 0 Å². The Hall–Kier alpha value is -1.27. The minimum atomic E-state index is 0.691. The highest BCUT2D eigenvalue weighted by Gasteiger charge is 2.16. The molecule has 5 nitrogen and oxygen atoms in total. The predicted octanol–water partition coefficient (Wildman–Crippen LogP) is 2.44. The van der Waals surface area contributed by atoms with Crippen molar-refractivity contribution < 1.29 is 9.15 Å². The Morgan fingerprint density at radius 1 is 1.37 bits per heavy atom. The highest BCUT2D eigenvalue weighted by atomic mass is 32.2. The minimum absolute atomic E-state index is 0.691. The van der Waals surface area contributed by atoms with Crippen molar-refractivity contribution in [2.75, 3.05) is 19.0 Å². The zero-order valence-electron chi connectivity index (χ0n) is 10.7. The summed E-state index contributed by atoms with van der Waals surface area (Å²) >= 11 is 1.77. The molecule has 2 aromatic rings.